The van der Waals surface area contributed by atoms with Gasteiger partial charge in [0.05, 0.1) is 12.0 Å². The molecular weight excluding hydrogens is 332 g/mol. The lowest BCUT2D eigenvalue weighted by Crippen LogP contribution is -2.50. The average Bonchev–Trinajstić information content (AvgIpc) is 2.81. The Labute approximate surface area is 154 Å². The van der Waals surface area contributed by atoms with Gasteiger partial charge in [-0.15, -0.1) is 11.3 Å². The summed E-state index contributed by atoms with van der Waals surface area (Å²) in [6.45, 7) is 8.42. The minimum absolute atomic E-state index is 0.141. The average molecular weight is 363 g/mol. The first-order valence-electron chi connectivity index (χ1n) is 9.84. The van der Waals surface area contributed by atoms with Gasteiger partial charge in [-0.1, -0.05) is 0 Å². The molecule has 0 aromatic carbocycles. The van der Waals surface area contributed by atoms with Gasteiger partial charge in [-0.25, -0.2) is 0 Å². The minimum atomic E-state index is -0.141. The first kappa shape index (κ1) is 17.5. The standard InChI is InChI=1S/C20H30N2O2S/c1-4-24-6-5-22-13(2)14(3)25-19(22)21-18(23)20-10-15-7-16(11-20)9-17(8-15)12-20/h15-17H,4-12H2,1-3H3/b21-19-. The second-order valence-corrected chi connectivity index (χ2v) is 9.67. The third-order valence-electron chi connectivity index (χ3n) is 6.74. The van der Waals surface area contributed by atoms with E-state index in [1.54, 1.807) is 11.3 Å². The minimum Gasteiger partial charge on any atom is -0.380 e. The molecule has 5 heteroatoms. The molecule has 0 radical (unpaired) electrons. The van der Waals surface area contributed by atoms with Crippen molar-refractivity contribution in [3.8, 4) is 0 Å². The van der Waals surface area contributed by atoms with Crippen LogP contribution in [0.25, 0.3) is 0 Å². The van der Waals surface area contributed by atoms with Crippen molar-refractivity contribution in [2.45, 2.75) is 65.8 Å². The Bertz CT molecular complexity index is 695. The number of carbonyl (C=O) groups is 1. The number of thiazole rings is 1. The van der Waals surface area contributed by atoms with E-state index in [1.165, 1.54) is 29.8 Å². The maximum atomic E-state index is 13.3. The lowest BCUT2D eigenvalue weighted by atomic mass is 9.49. The predicted molar refractivity (Wildman–Crippen MR) is 99.5 cm³/mol. The highest BCUT2D eigenvalue weighted by Crippen LogP contribution is 2.60. The van der Waals surface area contributed by atoms with Crippen LogP contribution in [0.1, 0.15) is 56.0 Å². The zero-order chi connectivity index (χ0) is 17.6. The summed E-state index contributed by atoms with van der Waals surface area (Å²) in [6, 6.07) is 0. The third kappa shape index (κ3) is 3.14. The van der Waals surface area contributed by atoms with E-state index in [1.807, 2.05) is 6.92 Å². The highest BCUT2D eigenvalue weighted by molar-refractivity contribution is 7.09. The Hall–Kier alpha value is -0.940. The summed E-state index contributed by atoms with van der Waals surface area (Å²) >= 11 is 1.65. The van der Waals surface area contributed by atoms with Crippen molar-refractivity contribution in [2.24, 2.45) is 28.2 Å². The fourth-order valence-corrected chi connectivity index (χ4v) is 6.82. The van der Waals surface area contributed by atoms with Crippen LogP contribution in [0.4, 0.5) is 0 Å². The molecule has 5 rings (SSSR count). The molecule has 0 spiro atoms. The van der Waals surface area contributed by atoms with Gasteiger partial charge in [0.15, 0.2) is 4.80 Å². The molecule has 1 aromatic rings. The van der Waals surface area contributed by atoms with Gasteiger partial charge in [-0.05, 0) is 77.0 Å². The monoisotopic (exact) mass is 362 g/mol. The fraction of sp³-hybridized carbons (Fsp3) is 0.800. The lowest BCUT2D eigenvalue weighted by molar-refractivity contribution is -0.142. The molecule has 4 aliphatic rings. The number of amides is 1. The van der Waals surface area contributed by atoms with E-state index < -0.39 is 0 Å². The number of nitrogens with zero attached hydrogens (tertiary/aromatic N) is 2. The molecule has 1 amide bonds. The summed E-state index contributed by atoms with van der Waals surface area (Å²) in [7, 11) is 0. The third-order valence-corrected chi connectivity index (χ3v) is 7.84. The Kier molecular flexibility index (Phi) is 4.65. The van der Waals surface area contributed by atoms with Gasteiger partial charge in [-0.2, -0.15) is 4.99 Å². The van der Waals surface area contributed by atoms with Crippen LogP contribution >= 0.6 is 11.3 Å². The SMILES string of the molecule is CCOCCn1c(C)c(C)s/c1=N\C(=O)C12CC3CC(CC(C3)C1)C2. The molecule has 1 aromatic heterocycles. The van der Waals surface area contributed by atoms with Crippen LogP contribution in [0.3, 0.4) is 0 Å². The van der Waals surface area contributed by atoms with Crippen LogP contribution in [-0.2, 0) is 16.1 Å². The van der Waals surface area contributed by atoms with E-state index in [9.17, 15) is 4.79 Å². The second-order valence-electron chi connectivity index (χ2n) is 8.49. The van der Waals surface area contributed by atoms with Crippen LogP contribution < -0.4 is 4.80 Å². The van der Waals surface area contributed by atoms with Crippen LogP contribution in [-0.4, -0.2) is 23.7 Å². The van der Waals surface area contributed by atoms with Crippen molar-refractivity contribution < 1.29 is 9.53 Å². The van der Waals surface area contributed by atoms with E-state index in [4.69, 9.17) is 9.73 Å². The molecule has 4 aliphatic carbocycles. The number of hydrogen-bond acceptors (Lipinski definition) is 3. The molecule has 4 saturated carbocycles. The van der Waals surface area contributed by atoms with Crippen LogP contribution in [0.15, 0.2) is 4.99 Å². The van der Waals surface area contributed by atoms with Gasteiger partial charge in [0.1, 0.15) is 0 Å². The largest absolute Gasteiger partial charge is 0.380 e. The predicted octanol–water partition coefficient (Wildman–Crippen LogP) is 3.85. The van der Waals surface area contributed by atoms with Crippen molar-refractivity contribution in [3.63, 3.8) is 0 Å². The van der Waals surface area contributed by atoms with Gasteiger partial charge in [0, 0.05) is 23.7 Å². The molecule has 0 aliphatic heterocycles. The lowest BCUT2D eigenvalue weighted by Gasteiger charge is -2.55. The maximum Gasteiger partial charge on any atom is 0.254 e. The molecule has 1 heterocycles. The topological polar surface area (TPSA) is 43.6 Å². The van der Waals surface area contributed by atoms with Crippen molar-refractivity contribution in [2.75, 3.05) is 13.2 Å². The number of hydrogen-bond donors (Lipinski definition) is 0. The maximum absolute atomic E-state index is 13.3. The second kappa shape index (κ2) is 6.66. The van der Waals surface area contributed by atoms with Crippen molar-refractivity contribution >= 4 is 17.2 Å². The summed E-state index contributed by atoms with van der Waals surface area (Å²) in [6.07, 6.45) is 7.34. The first-order chi connectivity index (χ1) is 12.0. The molecule has 25 heavy (non-hydrogen) atoms. The fourth-order valence-electron chi connectivity index (χ4n) is 5.82. The van der Waals surface area contributed by atoms with Crippen LogP contribution in [0.2, 0.25) is 0 Å². The van der Waals surface area contributed by atoms with E-state index in [0.29, 0.717) is 6.61 Å². The van der Waals surface area contributed by atoms with E-state index >= 15 is 0 Å². The molecule has 138 valence electrons. The first-order valence-corrected chi connectivity index (χ1v) is 10.7. The highest BCUT2D eigenvalue weighted by atomic mass is 32.1. The Morgan fingerprint density at radius 2 is 1.80 bits per heavy atom. The molecule has 4 nitrogen and oxygen atoms in total. The normalized spacial score (nSPS) is 34.0. The summed E-state index contributed by atoms with van der Waals surface area (Å²) in [4.78, 5) is 20.1. The summed E-state index contributed by atoms with van der Waals surface area (Å²) in [5, 5.41) is 0. The van der Waals surface area contributed by atoms with E-state index in [-0.39, 0.29) is 11.3 Å². The summed E-state index contributed by atoms with van der Waals surface area (Å²) in [5.74, 6) is 2.50. The zero-order valence-electron chi connectivity index (χ0n) is 15.7. The van der Waals surface area contributed by atoms with Gasteiger partial charge in [0.25, 0.3) is 5.91 Å². The summed E-state index contributed by atoms with van der Waals surface area (Å²) in [5.41, 5.74) is 1.07. The van der Waals surface area contributed by atoms with Crippen LogP contribution in [0, 0.1) is 37.0 Å². The van der Waals surface area contributed by atoms with Crippen molar-refractivity contribution in [1.82, 2.24) is 4.57 Å². The molecule has 0 atom stereocenters. The van der Waals surface area contributed by atoms with Gasteiger partial charge < -0.3 is 9.30 Å². The molecular formula is C20H30N2O2S. The molecule has 4 bridgehead atoms. The number of rotatable bonds is 5. The van der Waals surface area contributed by atoms with Crippen LogP contribution in [0.5, 0.6) is 0 Å². The number of ether oxygens (including phenoxy) is 1. The van der Waals surface area contributed by atoms with E-state index in [0.717, 1.165) is 55.0 Å². The Morgan fingerprint density at radius 1 is 1.20 bits per heavy atom. The quantitative estimate of drug-likeness (QED) is 0.747. The molecule has 0 unspecified atom stereocenters. The number of aromatic nitrogens is 1. The van der Waals surface area contributed by atoms with E-state index in [2.05, 4.69) is 18.4 Å². The van der Waals surface area contributed by atoms with Gasteiger partial charge in [0.2, 0.25) is 0 Å². The molecule has 4 fully saturated rings. The molecule has 0 saturated heterocycles. The van der Waals surface area contributed by atoms with Crippen molar-refractivity contribution in [3.05, 3.63) is 15.4 Å². The number of aryl methyl sites for hydroxylation is 1. The summed E-state index contributed by atoms with van der Waals surface area (Å²) < 4.78 is 7.69. The molecule has 0 N–H and O–H groups in total. The smallest absolute Gasteiger partial charge is 0.254 e. The highest BCUT2D eigenvalue weighted by Gasteiger charge is 2.54. The van der Waals surface area contributed by atoms with Gasteiger partial charge in [-0.3, -0.25) is 4.79 Å². The Morgan fingerprint density at radius 3 is 2.36 bits per heavy atom. The number of carbonyl (C=O) groups excluding carboxylic acids is 1. The van der Waals surface area contributed by atoms with Crippen molar-refractivity contribution in [1.29, 1.82) is 0 Å². The zero-order valence-corrected chi connectivity index (χ0v) is 16.5. The van der Waals surface area contributed by atoms with Gasteiger partial charge >= 0.3 is 0 Å². The Balaban J connectivity index is 1.62.